The van der Waals surface area contributed by atoms with Crippen molar-refractivity contribution in [3.8, 4) is 0 Å². The van der Waals surface area contributed by atoms with Crippen LogP contribution in [0.2, 0.25) is 0 Å². The second kappa shape index (κ2) is 6.18. The predicted molar refractivity (Wildman–Crippen MR) is 66.8 cm³/mol. The van der Waals surface area contributed by atoms with Crippen molar-refractivity contribution in [1.82, 2.24) is 10.2 Å². The maximum atomic E-state index is 11.9. The van der Waals surface area contributed by atoms with E-state index in [1.54, 1.807) is 4.90 Å². The van der Waals surface area contributed by atoms with E-state index in [1.807, 2.05) is 0 Å². The van der Waals surface area contributed by atoms with Gasteiger partial charge in [0.25, 0.3) is 0 Å². The summed E-state index contributed by atoms with van der Waals surface area (Å²) in [7, 11) is 0. The summed E-state index contributed by atoms with van der Waals surface area (Å²) in [5, 5.41) is 12.6. The van der Waals surface area contributed by atoms with Crippen LogP contribution in [0.25, 0.3) is 0 Å². The minimum atomic E-state index is -0.431. The summed E-state index contributed by atoms with van der Waals surface area (Å²) in [4.78, 5) is 25.1. The zero-order valence-electron chi connectivity index (χ0n) is 10.7. The van der Waals surface area contributed by atoms with Gasteiger partial charge in [-0.2, -0.15) is 0 Å². The lowest BCUT2D eigenvalue weighted by Gasteiger charge is -2.30. The van der Waals surface area contributed by atoms with E-state index in [4.69, 9.17) is 0 Å². The number of nitrogens with zero attached hydrogens (tertiary/aromatic N) is 1. The Morgan fingerprint density at radius 2 is 2.06 bits per heavy atom. The molecule has 1 saturated heterocycles. The number of hydrogen-bond donors (Lipinski definition) is 2. The number of rotatable bonds is 3. The second-order valence-corrected chi connectivity index (χ2v) is 5.30. The fraction of sp³-hybridized carbons (Fsp3) is 0.846. The Labute approximate surface area is 108 Å². The van der Waals surface area contributed by atoms with Crippen LogP contribution in [0.15, 0.2) is 0 Å². The van der Waals surface area contributed by atoms with E-state index < -0.39 is 6.10 Å². The molecule has 2 N–H and O–H groups in total. The van der Waals surface area contributed by atoms with E-state index in [-0.39, 0.29) is 24.4 Å². The molecule has 0 bridgehead atoms. The van der Waals surface area contributed by atoms with Crippen molar-refractivity contribution in [2.24, 2.45) is 0 Å². The van der Waals surface area contributed by atoms with Gasteiger partial charge in [-0.15, -0.1) is 0 Å². The molecule has 0 aromatic carbocycles. The minimum absolute atomic E-state index is 0.0700. The van der Waals surface area contributed by atoms with Crippen LogP contribution < -0.4 is 5.32 Å². The number of carbonyl (C=O) groups is 2. The summed E-state index contributed by atoms with van der Waals surface area (Å²) < 4.78 is 0. The molecule has 1 aliphatic carbocycles. The van der Waals surface area contributed by atoms with Crippen molar-refractivity contribution in [2.45, 2.75) is 57.1 Å². The van der Waals surface area contributed by atoms with Gasteiger partial charge in [-0.05, 0) is 25.7 Å². The fourth-order valence-corrected chi connectivity index (χ4v) is 2.73. The largest absolute Gasteiger partial charge is 0.391 e. The molecule has 1 saturated carbocycles. The van der Waals surface area contributed by atoms with Gasteiger partial charge in [-0.25, -0.2) is 0 Å². The molecule has 2 rings (SSSR count). The second-order valence-electron chi connectivity index (χ2n) is 5.30. The first-order valence-electron chi connectivity index (χ1n) is 6.92. The highest BCUT2D eigenvalue weighted by Crippen LogP contribution is 2.18. The zero-order chi connectivity index (χ0) is 13.0. The molecule has 2 unspecified atom stereocenters. The summed E-state index contributed by atoms with van der Waals surface area (Å²) in [5.74, 6) is -0.0724. The summed E-state index contributed by atoms with van der Waals surface area (Å²) in [5.41, 5.74) is 0. The molecule has 2 fully saturated rings. The number of aliphatic hydroxyl groups is 1. The molecule has 5 nitrogen and oxygen atoms in total. The van der Waals surface area contributed by atoms with Crippen molar-refractivity contribution in [3.63, 3.8) is 0 Å². The molecule has 5 heteroatoms. The zero-order valence-corrected chi connectivity index (χ0v) is 10.7. The Morgan fingerprint density at radius 3 is 2.78 bits per heavy atom. The van der Waals surface area contributed by atoms with Crippen LogP contribution in [-0.2, 0) is 9.59 Å². The van der Waals surface area contributed by atoms with Gasteiger partial charge in [0.1, 0.15) is 0 Å². The molecule has 0 spiro atoms. The third-order valence-corrected chi connectivity index (χ3v) is 3.83. The smallest absolute Gasteiger partial charge is 0.239 e. The lowest BCUT2D eigenvalue weighted by atomic mass is 9.92. The minimum Gasteiger partial charge on any atom is -0.391 e. The van der Waals surface area contributed by atoms with Crippen LogP contribution in [0.3, 0.4) is 0 Å². The van der Waals surface area contributed by atoms with Crippen LogP contribution in [0.1, 0.15) is 44.9 Å². The van der Waals surface area contributed by atoms with E-state index in [2.05, 4.69) is 5.32 Å². The van der Waals surface area contributed by atoms with Crippen LogP contribution in [0, 0.1) is 0 Å². The topological polar surface area (TPSA) is 69.6 Å². The summed E-state index contributed by atoms with van der Waals surface area (Å²) >= 11 is 0. The lowest BCUT2D eigenvalue weighted by molar-refractivity contribution is -0.138. The molecule has 2 aliphatic rings. The molecule has 102 valence electrons. The van der Waals surface area contributed by atoms with E-state index in [1.165, 1.54) is 0 Å². The molecule has 0 aromatic rings. The van der Waals surface area contributed by atoms with E-state index in [0.717, 1.165) is 38.5 Å². The van der Waals surface area contributed by atoms with Crippen molar-refractivity contribution in [2.75, 3.05) is 13.1 Å². The fourth-order valence-electron chi connectivity index (χ4n) is 2.73. The molecule has 1 heterocycles. The lowest BCUT2D eigenvalue weighted by Crippen LogP contribution is -2.50. The highest BCUT2D eigenvalue weighted by Gasteiger charge is 2.26. The number of likely N-dealkylation sites (tertiary alicyclic amines) is 1. The standard InChI is InChI=1S/C13H22N2O3/c16-11-6-2-1-5-10(11)14-12(17)9-15-8-4-3-7-13(15)18/h10-11,16H,1-9H2,(H,14,17). The van der Waals surface area contributed by atoms with E-state index in [0.29, 0.717) is 13.0 Å². The monoisotopic (exact) mass is 254 g/mol. The first kappa shape index (κ1) is 13.3. The number of piperidine rings is 1. The molecule has 18 heavy (non-hydrogen) atoms. The summed E-state index contributed by atoms with van der Waals surface area (Å²) in [6, 6.07) is -0.133. The Bertz CT molecular complexity index is 319. The van der Waals surface area contributed by atoms with Crippen LogP contribution in [-0.4, -0.2) is 47.1 Å². The summed E-state index contributed by atoms with van der Waals surface area (Å²) in [6.45, 7) is 0.821. The first-order valence-corrected chi connectivity index (χ1v) is 6.92. The Kier molecular flexibility index (Phi) is 4.58. The number of carbonyl (C=O) groups excluding carboxylic acids is 2. The average molecular weight is 254 g/mol. The molecule has 2 amide bonds. The van der Waals surface area contributed by atoms with Gasteiger partial charge in [0.2, 0.25) is 11.8 Å². The number of aliphatic hydroxyl groups excluding tert-OH is 1. The van der Waals surface area contributed by atoms with Crippen molar-refractivity contribution in [1.29, 1.82) is 0 Å². The Morgan fingerprint density at radius 1 is 1.28 bits per heavy atom. The third kappa shape index (κ3) is 3.45. The molecular formula is C13H22N2O3. The quantitative estimate of drug-likeness (QED) is 0.767. The van der Waals surface area contributed by atoms with Gasteiger partial charge in [0.05, 0.1) is 18.7 Å². The summed E-state index contributed by atoms with van der Waals surface area (Å²) in [6.07, 6.45) is 5.69. The van der Waals surface area contributed by atoms with Crippen LogP contribution in [0.4, 0.5) is 0 Å². The van der Waals surface area contributed by atoms with Gasteiger partial charge in [0.15, 0.2) is 0 Å². The molecule has 2 atom stereocenters. The van der Waals surface area contributed by atoms with E-state index in [9.17, 15) is 14.7 Å². The Balaban J connectivity index is 1.78. The SMILES string of the molecule is O=C(CN1CCCCC1=O)NC1CCCCC1O. The normalized spacial score (nSPS) is 29.2. The number of nitrogens with one attached hydrogen (secondary N) is 1. The van der Waals surface area contributed by atoms with Crippen molar-refractivity contribution in [3.05, 3.63) is 0 Å². The third-order valence-electron chi connectivity index (χ3n) is 3.83. The van der Waals surface area contributed by atoms with E-state index >= 15 is 0 Å². The van der Waals surface area contributed by atoms with Gasteiger partial charge >= 0.3 is 0 Å². The van der Waals surface area contributed by atoms with Crippen molar-refractivity contribution < 1.29 is 14.7 Å². The Hall–Kier alpha value is -1.10. The number of hydrogen-bond acceptors (Lipinski definition) is 3. The van der Waals surface area contributed by atoms with Crippen LogP contribution in [0.5, 0.6) is 0 Å². The van der Waals surface area contributed by atoms with Gasteiger partial charge in [0, 0.05) is 13.0 Å². The molecule has 0 radical (unpaired) electrons. The van der Waals surface area contributed by atoms with Crippen LogP contribution >= 0.6 is 0 Å². The average Bonchev–Trinajstić information content (AvgIpc) is 2.35. The maximum Gasteiger partial charge on any atom is 0.239 e. The highest BCUT2D eigenvalue weighted by atomic mass is 16.3. The molecular weight excluding hydrogens is 232 g/mol. The van der Waals surface area contributed by atoms with Gasteiger partial charge in [-0.3, -0.25) is 9.59 Å². The molecule has 1 aliphatic heterocycles. The highest BCUT2D eigenvalue weighted by molar-refractivity contribution is 5.85. The number of amides is 2. The van der Waals surface area contributed by atoms with Gasteiger partial charge < -0.3 is 15.3 Å². The molecule has 0 aromatic heterocycles. The van der Waals surface area contributed by atoms with Crippen molar-refractivity contribution >= 4 is 11.8 Å². The van der Waals surface area contributed by atoms with Gasteiger partial charge in [-0.1, -0.05) is 12.8 Å². The maximum absolute atomic E-state index is 11.9. The first-order chi connectivity index (χ1) is 8.66. The predicted octanol–water partition coefficient (Wildman–Crippen LogP) is 0.419.